The van der Waals surface area contributed by atoms with Crippen molar-refractivity contribution >= 4 is 32.8 Å². The number of amides is 1. The van der Waals surface area contributed by atoms with Gasteiger partial charge in [-0.3, -0.25) is 9.48 Å². The molecule has 12 heteroatoms. The molecule has 6 aromatic rings. The lowest BCUT2D eigenvalue weighted by molar-refractivity contribution is -0.129. The summed E-state index contributed by atoms with van der Waals surface area (Å²) in [4.78, 5) is 23.7. The van der Waals surface area contributed by atoms with E-state index in [1.807, 2.05) is 51.8 Å². The molecule has 9 nitrogen and oxygen atoms in total. The number of methoxy groups -OCH3 is 1. The van der Waals surface area contributed by atoms with E-state index in [2.05, 4.69) is 11.6 Å². The number of carbonyl (C=O) groups excluding carboxylic acids is 1. The Kier molecular flexibility index (Phi) is 7.38. The van der Waals surface area contributed by atoms with Crippen molar-refractivity contribution in [3.63, 3.8) is 0 Å². The molecular weight excluding hydrogens is 598 g/mol. The van der Waals surface area contributed by atoms with Crippen LogP contribution in [-0.4, -0.2) is 61.3 Å². The van der Waals surface area contributed by atoms with Crippen molar-refractivity contribution in [3.05, 3.63) is 90.5 Å². The van der Waals surface area contributed by atoms with E-state index >= 15 is 4.39 Å². The van der Waals surface area contributed by atoms with Gasteiger partial charge in [-0.15, -0.1) is 11.3 Å². The number of thiophene rings is 1. The fraction of sp³-hybridized carbons (Fsp3) is 0.212. The van der Waals surface area contributed by atoms with Gasteiger partial charge in [-0.25, -0.2) is 18.7 Å². The Morgan fingerprint density at radius 1 is 1.16 bits per heavy atom. The second-order valence-corrected chi connectivity index (χ2v) is 11.7. The second-order valence-electron chi connectivity index (χ2n) is 10.8. The van der Waals surface area contributed by atoms with Crippen LogP contribution in [0.5, 0.6) is 5.75 Å². The van der Waals surface area contributed by atoms with Gasteiger partial charge >= 0.3 is 0 Å². The Morgan fingerprint density at radius 3 is 2.84 bits per heavy atom. The maximum absolute atomic E-state index is 16.0. The van der Waals surface area contributed by atoms with E-state index < -0.39 is 11.6 Å². The van der Waals surface area contributed by atoms with Gasteiger partial charge in [0.2, 0.25) is 5.91 Å². The fourth-order valence-corrected chi connectivity index (χ4v) is 6.76. The fourth-order valence-electron chi connectivity index (χ4n) is 5.81. The number of fused-ring (bicyclic) bond motifs is 3. The third-order valence-electron chi connectivity index (χ3n) is 7.97. The molecule has 0 N–H and O–H groups in total. The minimum Gasteiger partial charge on any atom is -0.490 e. The first kappa shape index (κ1) is 28.8. The lowest BCUT2D eigenvalue weighted by Crippen LogP contribution is -2.44. The molecule has 0 fully saturated rings. The van der Waals surface area contributed by atoms with Crippen LogP contribution in [-0.2, 0) is 22.6 Å². The molecule has 0 spiro atoms. The first-order valence-electron chi connectivity index (χ1n) is 14.3. The average Bonchev–Trinajstić information content (AvgIpc) is 3.79. The number of halogens is 2. The highest BCUT2D eigenvalue weighted by molar-refractivity contribution is 7.18. The van der Waals surface area contributed by atoms with E-state index in [4.69, 9.17) is 19.6 Å². The predicted molar refractivity (Wildman–Crippen MR) is 168 cm³/mol. The number of imidazole rings is 1. The monoisotopic (exact) mass is 626 g/mol. The minimum atomic E-state index is -0.784. The van der Waals surface area contributed by atoms with Crippen molar-refractivity contribution in [3.8, 4) is 39.5 Å². The second kappa shape index (κ2) is 11.5. The van der Waals surface area contributed by atoms with Crippen LogP contribution >= 0.6 is 11.3 Å². The number of pyridine rings is 2. The van der Waals surface area contributed by atoms with Crippen molar-refractivity contribution < 1.29 is 23.0 Å². The van der Waals surface area contributed by atoms with Crippen molar-refractivity contribution in [1.82, 2.24) is 29.0 Å². The van der Waals surface area contributed by atoms with Crippen LogP contribution in [0, 0.1) is 11.6 Å². The van der Waals surface area contributed by atoms with Gasteiger partial charge in [0.1, 0.15) is 35.4 Å². The van der Waals surface area contributed by atoms with Crippen molar-refractivity contribution in [2.24, 2.45) is 0 Å². The van der Waals surface area contributed by atoms with Crippen molar-refractivity contribution in [2.75, 3.05) is 20.3 Å². The molecule has 1 atom stereocenters. The Hall–Kier alpha value is -4.94. The van der Waals surface area contributed by atoms with Crippen LogP contribution in [0.1, 0.15) is 12.6 Å². The van der Waals surface area contributed by atoms with Crippen LogP contribution in [0.25, 0.3) is 49.4 Å². The molecule has 0 radical (unpaired) electrons. The van der Waals surface area contributed by atoms with Gasteiger partial charge in [0, 0.05) is 52.7 Å². The molecule has 1 amide bonds. The third kappa shape index (κ3) is 5.05. The highest BCUT2D eigenvalue weighted by Crippen LogP contribution is 2.47. The van der Waals surface area contributed by atoms with E-state index in [1.165, 1.54) is 30.6 Å². The van der Waals surface area contributed by atoms with E-state index in [-0.39, 0.29) is 36.5 Å². The lowest BCUT2D eigenvalue weighted by Gasteiger charge is -2.33. The molecule has 0 saturated carbocycles. The summed E-state index contributed by atoms with van der Waals surface area (Å²) in [5, 5.41) is 7.64. The molecule has 5 aromatic heterocycles. The molecule has 45 heavy (non-hydrogen) atoms. The molecule has 0 bridgehead atoms. The summed E-state index contributed by atoms with van der Waals surface area (Å²) in [6.45, 7) is 6.72. The number of benzene rings is 1. The van der Waals surface area contributed by atoms with Gasteiger partial charge < -0.3 is 18.8 Å². The van der Waals surface area contributed by atoms with Crippen molar-refractivity contribution in [2.45, 2.75) is 26.1 Å². The molecule has 0 unspecified atom stereocenters. The first-order valence-corrected chi connectivity index (χ1v) is 15.2. The SMILES string of the molecule is C=CC(=O)N1Cc2cc(-c3nc(-c4ccc5cncn5c4)c4ccsc4c3-c3c(F)cc(F)cc3OCCOC)nn2C[C@H]1C. The van der Waals surface area contributed by atoms with Crippen LogP contribution in [0.3, 0.4) is 0 Å². The number of nitrogens with zero attached hydrogens (tertiary/aromatic N) is 6. The third-order valence-corrected chi connectivity index (χ3v) is 8.90. The van der Waals surface area contributed by atoms with E-state index in [0.717, 1.165) is 32.9 Å². The van der Waals surface area contributed by atoms with Gasteiger partial charge in [-0.05, 0) is 42.6 Å². The summed E-state index contributed by atoms with van der Waals surface area (Å²) in [7, 11) is 1.53. The number of hydrogen-bond acceptors (Lipinski definition) is 7. The maximum atomic E-state index is 16.0. The maximum Gasteiger partial charge on any atom is 0.246 e. The summed E-state index contributed by atoms with van der Waals surface area (Å²) in [6, 6.07) is 9.65. The predicted octanol–water partition coefficient (Wildman–Crippen LogP) is 6.36. The molecule has 1 aliphatic heterocycles. The van der Waals surface area contributed by atoms with Crippen LogP contribution in [0.15, 0.2) is 73.2 Å². The Labute approximate surface area is 261 Å². The average molecular weight is 627 g/mol. The molecule has 6 heterocycles. The highest BCUT2D eigenvalue weighted by Gasteiger charge is 2.30. The van der Waals surface area contributed by atoms with Gasteiger partial charge in [0.05, 0.1) is 54.7 Å². The summed E-state index contributed by atoms with van der Waals surface area (Å²) >= 11 is 1.43. The number of ether oxygens (including phenoxy) is 2. The number of hydrogen-bond donors (Lipinski definition) is 0. The Morgan fingerprint density at radius 2 is 2.02 bits per heavy atom. The van der Waals surface area contributed by atoms with E-state index in [9.17, 15) is 9.18 Å². The number of carbonyl (C=O) groups is 1. The minimum absolute atomic E-state index is 0.0373. The Bertz CT molecular complexity index is 2100. The molecular formula is C33H28F2N6O3S. The number of rotatable bonds is 8. The van der Waals surface area contributed by atoms with E-state index in [0.29, 0.717) is 35.7 Å². The quantitative estimate of drug-likeness (QED) is 0.144. The number of aromatic nitrogens is 5. The molecule has 228 valence electrons. The zero-order valence-corrected chi connectivity index (χ0v) is 25.4. The first-order chi connectivity index (χ1) is 21.9. The van der Waals surface area contributed by atoms with Gasteiger partial charge in [-0.2, -0.15) is 5.10 Å². The van der Waals surface area contributed by atoms with Crippen LogP contribution in [0.2, 0.25) is 0 Å². The zero-order chi connectivity index (χ0) is 31.2. The zero-order valence-electron chi connectivity index (χ0n) is 24.5. The lowest BCUT2D eigenvalue weighted by atomic mass is 9.96. The highest BCUT2D eigenvalue weighted by atomic mass is 32.1. The Balaban J connectivity index is 1.49. The van der Waals surface area contributed by atoms with Gasteiger partial charge in [-0.1, -0.05) is 6.58 Å². The van der Waals surface area contributed by atoms with Crippen LogP contribution < -0.4 is 4.74 Å². The van der Waals surface area contributed by atoms with Gasteiger partial charge in [0.15, 0.2) is 0 Å². The molecule has 1 aliphatic rings. The molecule has 1 aromatic carbocycles. The van der Waals surface area contributed by atoms with Crippen molar-refractivity contribution in [1.29, 1.82) is 0 Å². The molecule has 0 aliphatic carbocycles. The largest absolute Gasteiger partial charge is 0.490 e. The smallest absolute Gasteiger partial charge is 0.246 e. The molecule has 0 saturated heterocycles. The summed E-state index contributed by atoms with van der Waals surface area (Å²) < 4.78 is 46.1. The topological polar surface area (TPSA) is 86.8 Å². The van der Waals surface area contributed by atoms with Crippen LogP contribution in [0.4, 0.5) is 8.78 Å². The molecule has 7 rings (SSSR count). The van der Waals surface area contributed by atoms with E-state index in [1.54, 1.807) is 17.4 Å². The van der Waals surface area contributed by atoms with Gasteiger partial charge in [0.25, 0.3) is 0 Å². The standard InChI is InChI=1S/C33H28F2N6O3S/c1-4-28(42)40-17-23-13-26(38-41(23)15-19(40)2)32-30(29-25(35)11-21(34)12-27(29)44-9-8-43-3)33-24(7-10-45-33)31(37-32)20-5-6-22-14-36-18-39(22)16-20/h4-7,10-14,16,18-19H,1,8-9,15,17H2,2-3H3/t19-/m1/s1. The normalized spacial score (nSPS) is 14.7. The summed E-state index contributed by atoms with van der Waals surface area (Å²) in [6.07, 6.45) is 6.74. The summed E-state index contributed by atoms with van der Waals surface area (Å²) in [5.41, 5.74) is 4.66. The summed E-state index contributed by atoms with van der Waals surface area (Å²) in [5.74, 6) is -1.67.